The van der Waals surface area contributed by atoms with E-state index in [0.717, 1.165) is 12.8 Å². The van der Waals surface area contributed by atoms with Crippen LogP contribution in [0.15, 0.2) is 12.7 Å². The lowest BCUT2D eigenvalue weighted by Gasteiger charge is -2.23. The molecule has 10 heteroatoms. The molecular weight excluding hydrogens is 364 g/mol. The Morgan fingerprint density at radius 3 is 2.75 bits per heavy atom. The summed E-state index contributed by atoms with van der Waals surface area (Å²) in [5.74, 6) is 0.180. The van der Waals surface area contributed by atoms with E-state index in [1.807, 2.05) is 0 Å². The zero-order chi connectivity index (χ0) is 19.7. The topological polar surface area (TPSA) is 134 Å². The van der Waals surface area contributed by atoms with Crippen LogP contribution >= 0.6 is 0 Å². The number of carbonyl (C=O) groups excluding carboxylic acids is 1. The highest BCUT2D eigenvalue weighted by Crippen LogP contribution is 2.33. The molecule has 2 fully saturated rings. The van der Waals surface area contributed by atoms with Crippen molar-refractivity contribution in [3.8, 4) is 0 Å². The van der Waals surface area contributed by atoms with Gasteiger partial charge < -0.3 is 25.6 Å². The van der Waals surface area contributed by atoms with E-state index in [9.17, 15) is 15.0 Å². The number of aliphatic hydroxyl groups is 2. The molecule has 152 valence electrons. The number of rotatable bonds is 5. The summed E-state index contributed by atoms with van der Waals surface area (Å²) in [4.78, 5) is 25.1. The highest BCUT2D eigenvalue weighted by molar-refractivity contribution is 5.83. The second-order valence-electron chi connectivity index (χ2n) is 7.35. The molecule has 0 radical (unpaired) electrons. The first-order chi connectivity index (χ1) is 13.6. The summed E-state index contributed by atoms with van der Waals surface area (Å²) in [6.07, 6.45) is 4.03. The van der Waals surface area contributed by atoms with Gasteiger partial charge in [0.15, 0.2) is 29.3 Å². The molecule has 1 aliphatic carbocycles. The van der Waals surface area contributed by atoms with Gasteiger partial charge in [-0.2, -0.15) is 0 Å². The number of carbonyl (C=O) groups is 1. The molecule has 1 saturated carbocycles. The van der Waals surface area contributed by atoms with Gasteiger partial charge >= 0.3 is 0 Å². The Morgan fingerprint density at radius 2 is 2.00 bits per heavy atom. The molecule has 2 aromatic heterocycles. The lowest BCUT2D eigenvalue weighted by Crippen LogP contribution is -2.42. The third kappa shape index (κ3) is 3.43. The number of ether oxygens (including phenoxy) is 1. The fourth-order valence-electron chi connectivity index (χ4n) is 3.96. The van der Waals surface area contributed by atoms with Crippen LogP contribution in [0.4, 0.5) is 5.82 Å². The molecule has 0 aromatic carbocycles. The molecule has 4 N–H and O–H groups in total. The Kier molecular flexibility index (Phi) is 5.42. The number of amides is 1. The molecule has 2 aromatic rings. The maximum absolute atomic E-state index is 12.1. The zero-order valence-corrected chi connectivity index (χ0v) is 15.8. The highest BCUT2D eigenvalue weighted by Gasteiger charge is 2.47. The SMILES string of the molecule is CCNC(=O)[C@H]1O[C@@H](n2cnc3c(NC4CCCCC4)ncnc32)[C@H](O)[C@@H]1O. The van der Waals surface area contributed by atoms with Gasteiger partial charge in [-0.1, -0.05) is 19.3 Å². The van der Waals surface area contributed by atoms with Gasteiger partial charge in [-0.15, -0.1) is 0 Å². The van der Waals surface area contributed by atoms with Crippen LogP contribution < -0.4 is 10.6 Å². The Labute approximate surface area is 162 Å². The van der Waals surface area contributed by atoms with Crippen molar-refractivity contribution in [1.29, 1.82) is 0 Å². The van der Waals surface area contributed by atoms with Crippen LogP contribution in [-0.4, -0.2) is 66.5 Å². The average molecular weight is 390 g/mol. The smallest absolute Gasteiger partial charge is 0.252 e. The minimum Gasteiger partial charge on any atom is -0.387 e. The Hall–Kier alpha value is -2.30. The van der Waals surface area contributed by atoms with Gasteiger partial charge in [0.1, 0.15) is 18.5 Å². The molecule has 1 saturated heterocycles. The van der Waals surface area contributed by atoms with Crippen molar-refractivity contribution >= 4 is 22.9 Å². The van der Waals surface area contributed by atoms with E-state index in [4.69, 9.17) is 4.74 Å². The number of anilines is 1. The Morgan fingerprint density at radius 1 is 1.21 bits per heavy atom. The van der Waals surface area contributed by atoms with Crippen molar-refractivity contribution < 1.29 is 19.7 Å². The van der Waals surface area contributed by atoms with Gasteiger partial charge in [0.05, 0.1) is 6.33 Å². The number of fused-ring (bicyclic) bond motifs is 1. The van der Waals surface area contributed by atoms with Gasteiger partial charge in [-0.25, -0.2) is 15.0 Å². The molecular formula is C18H26N6O4. The quantitative estimate of drug-likeness (QED) is 0.574. The van der Waals surface area contributed by atoms with Crippen LogP contribution in [0, 0.1) is 0 Å². The van der Waals surface area contributed by atoms with Crippen molar-refractivity contribution in [2.24, 2.45) is 0 Å². The van der Waals surface area contributed by atoms with Crippen molar-refractivity contribution in [3.63, 3.8) is 0 Å². The summed E-state index contributed by atoms with van der Waals surface area (Å²) in [6, 6.07) is 0.356. The minimum absolute atomic E-state index is 0.356. The molecule has 0 unspecified atom stereocenters. The molecule has 4 atom stereocenters. The van der Waals surface area contributed by atoms with E-state index in [0.29, 0.717) is 29.6 Å². The number of aliphatic hydroxyl groups excluding tert-OH is 2. The van der Waals surface area contributed by atoms with Crippen LogP contribution in [0.5, 0.6) is 0 Å². The second kappa shape index (κ2) is 7.98. The van der Waals surface area contributed by atoms with Gasteiger partial charge in [-0.05, 0) is 19.8 Å². The standard InChI is InChI=1S/C18H26N6O4/c1-2-19-17(27)14-12(25)13(26)18(28-14)24-9-22-11-15(20-8-21-16(11)24)23-10-6-4-3-5-7-10/h8-10,12-14,18,25-26H,2-7H2,1H3,(H,19,27)(H,20,21,23)/t12-,13+,14-,18+/m0/s1. The predicted octanol–water partition coefficient (Wildman–Crippen LogP) is 0.326. The van der Waals surface area contributed by atoms with E-state index in [1.54, 1.807) is 6.92 Å². The molecule has 4 rings (SSSR count). The molecule has 0 bridgehead atoms. The molecule has 10 nitrogen and oxygen atoms in total. The van der Waals surface area contributed by atoms with Crippen LogP contribution in [0.2, 0.25) is 0 Å². The van der Waals surface area contributed by atoms with Gasteiger partial charge in [0.2, 0.25) is 0 Å². The molecule has 0 spiro atoms. The van der Waals surface area contributed by atoms with Crippen molar-refractivity contribution in [3.05, 3.63) is 12.7 Å². The fourth-order valence-corrected chi connectivity index (χ4v) is 3.96. The fraction of sp³-hybridized carbons (Fsp3) is 0.667. The van der Waals surface area contributed by atoms with Gasteiger partial charge in [0.25, 0.3) is 5.91 Å². The Balaban J connectivity index is 1.59. The number of likely N-dealkylation sites (N-methyl/N-ethyl adjacent to an activating group) is 1. The van der Waals surface area contributed by atoms with Crippen LogP contribution in [0.25, 0.3) is 11.2 Å². The zero-order valence-electron chi connectivity index (χ0n) is 15.8. The number of aromatic nitrogens is 4. The Bertz CT molecular complexity index is 837. The normalized spacial score (nSPS) is 28.5. The predicted molar refractivity (Wildman–Crippen MR) is 100 cm³/mol. The molecule has 1 aliphatic heterocycles. The number of hydrogen-bond acceptors (Lipinski definition) is 8. The van der Waals surface area contributed by atoms with E-state index >= 15 is 0 Å². The molecule has 1 amide bonds. The van der Waals surface area contributed by atoms with Crippen LogP contribution in [0.1, 0.15) is 45.3 Å². The minimum atomic E-state index is -1.34. The summed E-state index contributed by atoms with van der Waals surface area (Å²) in [5.41, 5.74) is 1.04. The first-order valence-electron chi connectivity index (χ1n) is 9.83. The van der Waals surface area contributed by atoms with E-state index in [-0.39, 0.29) is 0 Å². The summed E-state index contributed by atoms with van der Waals surface area (Å²) in [5, 5.41) is 26.7. The number of hydrogen-bond donors (Lipinski definition) is 4. The van der Waals surface area contributed by atoms with Gasteiger partial charge in [-0.3, -0.25) is 9.36 Å². The third-order valence-electron chi connectivity index (χ3n) is 5.43. The van der Waals surface area contributed by atoms with Crippen molar-refractivity contribution in [2.45, 2.75) is 69.6 Å². The maximum Gasteiger partial charge on any atom is 0.252 e. The monoisotopic (exact) mass is 390 g/mol. The molecule has 2 aliphatic rings. The van der Waals surface area contributed by atoms with Crippen LogP contribution in [-0.2, 0) is 9.53 Å². The lowest BCUT2D eigenvalue weighted by atomic mass is 9.95. The first kappa shape index (κ1) is 19.0. The summed E-state index contributed by atoms with van der Waals surface area (Å²) in [7, 11) is 0. The second-order valence-corrected chi connectivity index (χ2v) is 7.35. The van der Waals surface area contributed by atoms with E-state index in [2.05, 4.69) is 25.6 Å². The van der Waals surface area contributed by atoms with Crippen LogP contribution in [0.3, 0.4) is 0 Å². The van der Waals surface area contributed by atoms with E-state index < -0.39 is 30.4 Å². The summed E-state index contributed by atoms with van der Waals surface area (Å²) < 4.78 is 7.21. The lowest BCUT2D eigenvalue weighted by molar-refractivity contribution is -0.137. The largest absolute Gasteiger partial charge is 0.387 e. The van der Waals surface area contributed by atoms with Gasteiger partial charge in [0, 0.05) is 12.6 Å². The number of imidazole rings is 1. The molecule has 3 heterocycles. The van der Waals surface area contributed by atoms with Crippen molar-refractivity contribution in [2.75, 3.05) is 11.9 Å². The summed E-state index contributed by atoms with van der Waals surface area (Å²) in [6.45, 7) is 2.18. The van der Waals surface area contributed by atoms with Crippen molar-refractivity contribution in [1.82, 2.24) is 24.8 Å². The average Bonchev–Trinajstić information content (AvgIpc) is 3.25. The maximum atomic E-state index is 12.1. The third-order valence-corrected chi connectivity index (χ3v) is 5.43. The number of nitrogens with zero attached hydrogens (tertiary/aromatic N) is 4. The van der Waals surface area contributed by atoms with E-state index in [1.165, 1.54) is 36.5 Å². The molecule has 28 heavy (non-hydrogen) atoms. The summed E-state index contributed by atoms with van der Waals surface area (Å²) >= 11 is 0. The first-order valence-corrected chi connectivity index (χ1v) is 9.83. The highest BCUT2D eigenvalue weighted by atomic mass is 16.6. The number of nitrogens with one attached hydrogen (secondary N) is 2.